The van der Waals surface area contributed by atoms with Gasteiger partial charge in [0.15, 0.2) is 0 Å². The average molecular weight is 224 g/mol. The van der Waals surface area contributed by atoms with Crippen LogP contribution >= 0.6 is 0 Å². The van der Waals surface area contributed by atoms with E-state index < -0.39 is 22.9 Å². The summed E-state index contributed by atoms with van der Waals surface area (Å²) in [7, 11) is 0. The Labute approximate surface area is 91.8 Å². The summed E-state index contributed by atoms with van der Waals surface area (Å²) < 4.78 is 0. The van der Waals surface area contributed by atoms with Crippen LogP contribution in [0.3, 0.4) is 0 Å². The number of aliphatic hydroxyl groups is 1. The largest absolute Gasteiger partial charge is 0.388 e. The van der Waals surface area contributed by atoms with Crippen LogP contribution < -0.4 is 5.73 Å². The summed E-state index contributed by atoms with van der Waals surface area (Å²) in [4.78, 5) is 20.7. The molecule has 0 heterocycles. The molecule has 0 spiro atoms. The van der Waals surface area contributed by atoms with Crippen LogP contribution in [0.15, 0.2) is 24.3 Å². The number of hydrogen-bond acceptors (Lipinski definition) is 4. The van der Waals surface area contributed by atoms with Gasteiger partial charge in [0.1, 0.15) is 0 Å². The Morgan fingerprint density at radius 1 is 1.44 bits per heavy atom. The molecular formula is C10H12N2O4. The van der Waals surface area contributed by atoms with E-state index in [9.17, 15) is 20.0 Å². The van der Waals surface area contributed by atoms with Crippen LogP contribution in [0, 0.1) is 16.0 Å². The summed E-state index contributed by atoms with van der Waals surface area (Å²) in [6.07, 6.45) is -1.04. The molecule has 0 fully saturated rings. The van der Waals surface area contributed by atoms with Gasteiger partial charge in [-0.1, -0.05) is 6.92 Å². The van der Waals surface area contributed by atoms with E-state index in [2.05, 4.69) is 0 Å². The fourth-order valence-corrected chi connectivity index (χ4v) is 1.24. The number of carbonyl (C=O) groups excluding carboxylic acids is 1. The minimum Gasteiger partial charge on any atom is -0.388 e. The lowest BCUT2D eigenvalue weighted by Crippen LogP contribution is -2.26. The number of carbonyl (C=O) groups is 1. The average Bonchev–Trinajstić information content (AvgIpc) is 2.27. The zero-order chi connectivity index (χ0) is 12.3. The third-order valence-electron chi connectivity index (χ3n) is 2.37. The molecule has 0 unspecified atom stereocenters. The lowest BCUT2D eigenvalue weighted by molar-refractivity contribution is -0.384. The second-order valence-electron chi connectivity index (χ2n) is 3.48. The summed E-state index contributed by atoms with van der Waals surface area (Å²) in [5, 5.41) is 20.1. The van der Waals surface area contributed by atoms with Crippen LogP contribution in [0.25, 0.3) is 0 Å². The summed E-state index contributed by atoms with van der Waals surface area (Å²) in [5.74, 6) is -1.35. The van der Waals surface area contributed by atoms with Crippen molar-refractivity contribution in [3.05, 3.63) is 39.9 Å². The monoisotopic (exact) mass is 224 g/mol. The lowest BCUT2D eigenvalue weighted by atomic mass is 9.97. The molecule has 0 saturated carbocycles. The number of aliphatic hydroxyl groups excluding tert-OH is 1. The Bertz CT molecular complexity index is 402. The van der Waals surface area contributed by atoms with Gasteiger partial charge in [-0.15, -0.1) is 0 Å². The Hall–Kier alpha value is -1.95. The van der Waals surface area contributed by atoms with Gasteiger partial charge in [0, 0.05) is 12.1 Å². The number of nitrogens with two attached hydrogens (primary N) is 1. The molecule has 86 valence electrons. The smallest absolute Gasteiger partial charge is 0.269 e. The molecule has 0 aromatic heterocycles. The highest BCUT2D eigenvalue weighted by Gasteiger charge is 2.21. The van der Waals surface area contributed by atoms with Crippen LogP contribution in [-0.4, -0.2) is 15.9 Å². The molecule has 0 aliphatic heterocycles. The van der Waals surface area contributed by atoms with Crippen molar-refractivity contribution in [2.75, 3.05) is 0 Å². The first-order chi connectivity index (χ1) is 7.43. The third kappa shape index (κ3) is 2.54. The van der Waals surface area contributed by atoms with Crippen LogP contribution in [0.4, 0.5) is 5.69 Å². The van der Waals surface area contributed by atoms with Gasteiger partial charge in [-0.2, -0.15) is 0 Å². The third-order valence-corrected chi connectivity index (χ3v) is 2.37. The molecule has 0 saturated heterocycles. The summed E-state index contributed by atoms with van der Waals surface area (Å²) in [5.41, 5.74) is 5.41. The zero-order valence-corrected chi connectivity index (χ0v) is 8.66. The maximum atomic E-state index is 10.8. The molecule has 1 aromatic rings. The molecular weight excluding hydrogens is 212 g/mol. The Kier molecular flexibility index (Phi) is 3.57. The van der Waals surface area contributed by atoms with E-state index in [1.165, 1.54) is 31.2 Å². The highest BCUT2D eigenvalue weighted by Crippen LogP contribution is 2.23. The molecule has 0 bridgehead atoms. The number of nitrogens with zero attached hydrogens (tertiary/aromatic N) is 1. The Balaban J connectivity index is 2.89. The maximum absolute atomic E-state index is 10.8. The number of nitro benzene ring substituents is 1. The van der Waals surface area contributed by atoms with Crippen molar-refractivity contribution in [3.8, 4) is 0 Å². The van der Waals surface area contributed by atoms with Crippen molar-refractivity contribution in [1.82, 2.24) is 0 Å². The number of rotatable bonds is 4. The van der Waals surface area contributed by atoms with Gasteiger partial charge in [0.05, 0.1) is 16.9 Å². The van der Waals surface area contributed by atoms with Gasteiger partial charge in [-0.25, -0.2) is 0 Å². The molecule has 2 atom stereocenters. The summed E-state index contributed by atoms with van der Waals surface area (Å²) >= 11 is 0. The van der Waals surface area contributed by atoms with E-state index in [1.54, 1.807) is 0 Å². The van der Waals surface area contributed by atoms with Crippen LogP contribution in [0.5, 0.6) is 0 Å². The molecule has 0 aliphatic rings. The van der Waals surface area contributed by atoms with Crippen molar-refractivity contribution in [2.45, 2.75) is 13.0 Å². The van der Waals surface area contributed by atoms with E-state index in [0.717, 1.165) is 0 Å². The highest BCUT2D eigenvalue weighted by atomic mass is 16.6. The Morgan fingerprint density at radius 3 is 2.31 bits per heavy atom. The van der Waals surface area contributed by atoms with E-state index in [-0.39, 0.29) is 5.69 Å². The topological polar surface area (TPSA) is 106 Å². The summed E-state index contributed by atoms with van der Waals surface area (Å²) in [6.45, 7) is 1.49. The molecule has 6 nitrogen and oxygen atoms in total. The molecule has 0 aliphatic carbocycles. The van der Waals surface area contributed by atoms with Gasteiger partial charge >= 0.3 is 0 Å². The molecule has 0 radical (unpaired) electrons. The van der Waals surface area contributed by atoms with Crippen LogP contribution in [0.1, 0.15) is 18.6 Å². The predicted octanol–water partition coefficient (Wildman–Crippen LogP) is 0.750. The normalized spacial score (nSPS) is 14.1. The van der Waals surface area contributed by atoms with Gasteiger partial charge in [0.2, 0.25) is 5.91 Å². The predicted molar refractivity (Wildman–Crippen MR) is 56.4 cm³/mol. The molecule has 6 heteroatoms. The second kappa shape index (κ2) is 4.71. The molecule has 1 aromatic carbocycles. The number of primary amides is 1. The first kappa shape index (κ1) is 12.1. The standard InChI is InChI=1S/C10H12N2O4/c1-6(10(11)14)9(13)7-2-4-8(5-3-7)12(15)16/h2-6,9,13H,1H3,(H2,11,14)/t6-,9-/m0/s1. The number of non-ortho nitro benzene ring substituents is 1. The van der Waals surface area contributed by atoms with Crippen molar-refractivity contribution in [1.29, 1.82) is 0 Å². The van der Waals surface area contributed by atoms with Gasteiger partial charge in [-0.3, -0.25) is 14.9 Å². The summed E-state index contributed by atoms with van der Waals surface area (Å²) in [6, 6.07) is 5.35. The minimum absolute atomic E-state index is 0.0670. The first-order valence-electron chi connectivity index (χ1n) is 4.65. The number of nitro groups is 1. The van der Waals surface area contributed by atoms with E-state index >= 15 is 0 Å². The fourth-order valence-electron chi connectivity index (χ4n) is 1.24. The Morgan fingerprint density at radius 2 is 1.94 bits per heavy atom. The number of benzene rings is 1. The molecule has 1 rings (SSSR count). The van der Waals surface area contributed by atoms with E-state index in [0.29, 0.717) is 5.56 Å². The fraction of sp³-hybridized carbons (Fsp3) is 0.300. The zero-order valence-electron chi connectivity index (χ0n) is 8.66. The van der Waals surface area contributed by atoms with E-state index in [1.807, 2.05) is 0 Å². The van der Waals surface area contributed by atoms with Crippen molar-refractivity contribution in [3.63, 3.8) is 0 Å². The van der Waals surface area contributed by atoms with Gasteiger partial charge in [-0.05, 0) is 17.7 Å². The number of hydrogen-bond donors (Lipinski definition) is 2. The van der Waals surface area contributed by atoms with Crippen LogP contribution in [0.2, 0.25) is 0 Å². The van der Waals surface area contributed by atoms with Crippen molar-refractivity contribution < 1.29 is 14.8 Å². The maximum Gasteiger partial charge on any atom is 0.269 e. The number of amides is 1. The van der Waals surface area contributed by atoms with Crippen molar-refractivity contribution in [2.24, 2.45) is 11.7 Å². The highest BCUT2D eigenvalue weighted by molar-refractivity contribution is 5.77. The van der Waals surface area contributed by atoms with E-state index in [4.69, 9.17) is 5.73 Å². The SMILES string of the molecule is C[C@H](C(N)=O)[C@H](O)c1ccc([N+](=O)[O-])cc1. The van der Waals surface area contributed by atoms with Gasteiger partial charge in [0.25, 0.3) is 5.69 Å². The lowest BCUT2D eigenvalue weighted by Gasteiger charge is -2.15. The molecule has 1 amide bonds. The molecule has 16 heavy (non-hydrogen) atoms. The second-order valence-corrected chi connectivity index (χ2v) is 3.48. The first-order valence-corrected chi connectivity index (χ1v) is 4.65. The van der Waals surface area contributed by atoms with Crippen molar-refractivity contribution >= 4 is 11.6 Å². The van der Waals surface area contributed by atoms with Crippen LogP contribution in [-0.2, 0) is 4.79 Å². The van der Waals surface area contributed by atoms with Gasteiger partial charge < -0.3 is 10.8 Å². The molecule has 3 N–H and O–H groups in total. The minimum atomic E-state index is -1.04. The quantitative estimate of drug-likeness (QED) is 0.581.